The topological polar surface area (TPSA) is 77.6 Å². The van der Waals surface area contributed by atoms with Crippen molar-refractivity contribution >= 4 is 38.6 Å². The lowest BCUT2D eigenvalue weighted by atomic mass is 10.2. The standard InChI is InChI=1S/C18H23N5O2S/c1-12(16(24)19-13-6-7-13)22-8-10-23(11-9-22)18(25)21-17-20-14-4-2-3-5-15(14)26-17/h2-5,12-13H,6-11H2,1H3,(H,19,24)(H,20,21,25). The van der Waals surface area contributed by atoms with Gasteiger partial charge in [0, 0.05) is 32.2 Å². The number of carbonyl (C=O) groups is 2. The summed E-state index contributed by atoms with van der Waals surface area (Å²) >= 11 is 1.48. The smallest absolute Gasteiger partial charge is 0.323 e. The summed E-state index contributed by atoms with van der Waals surface area (Å²) in [6.45, 7) is 4.56. The van der Waals surface area contributed by atoms with Crippen molar-refractivity contribution in [1.82, 2.24) is 20.1 Å². The summed E-state index contributed by atoms with van der Waals surface area (Å²) in [5, 5.41) is 6.57. The van der Waals surface area contributed by atoms with Gasteiger partial charge >= 0.3 is 6.03 Å². The van der Waals surface area contributed by atoms with Crippen LogP contribution in [0.1, 0.15) is 19.8 Å². The van der Waals surface area contributed by atoms with Crippen LogP contribution in [0, 0.1) is 0 Å². The van der Waals surface area contributed by atoms with Gasteiger partial charge in [-0.1, -0.05) is 23.5 Å². The highest BCUT2D eigenvalue weighted by molar-refractivity contribution is 7.22. The molecule has 3 amide bonds. The number of thiazole rings is 1. The molecule has 2 fully saturated rings. The van der Waals surface area contributed by atoms with E-state index in [0.29, 0.717) is 37.4 Å². The fraction of sp³-hybridized carbons (Fsp3) is 0.500. The second-order valence-corrected chi connectivity index (χ2v) is 7.93. The van der Waals surface area contributed by atoms with E-state index in [0.717, 1.165) is 23.1 Å². The molecule has 2 heterocycles. The first-order valence-electron chi connectivity index (χ1n) is 9.06. The van der Waals surface area contributed by atoms with Crippen LogP contribution < -0.4 is 10.6 Å². The minimum Gasteiger partial charge on any atom is -0.352 e. The first-order chi connectivity index (χ1) is 12.6. The van der Waals surface area contributed by atoms with E-state index in [1.54, 1.807) is 4.90 Å². The molecule has 1 saturated heterocycles. The van der Waals surface area contributed by atoms with Crippen molar-refractivity contribution < 1.29 is 9.59 Å². The summed E-state index contributed by atoms with van der Waals surface area (Å²) in [5.41, 5.74) is 0.896. The molecule has 1 aromatic carbocycles. The predicted molar refractivity (Wildman–Crippen MR) is 102 cm³/mol. The summed E-state index contributed by atoms with van der Waals surface area (Å²) in [7, 11) is 0. The molecule has 1 atom stereocenters. The van der Waals surface area contributed by atoms with E-state index in [1.807, 2.05) is 31.2 Å². The molecule has 1 saturated carbocycles. The maximum Gasteiger partial charge on any atom is 0.323 e. The van der Waals surface area contributed by atoms with Crippen molar-refractivity contribution in [1.29, 1.82) is 0 Å². The van der Waals surface area contributed by atoms with E-state index in [9.17, 15) is 9.59 Å². The first-order valence-corrected chi connectivity index (χ1v) is 9.88. The Bertz CT molecular complexity index is 778. The quantitative estimate of drug-likeness (QED) is 0.861. The lowest BCUT2D eigenvalue weighted by Crippen LogP contribution is -2.55. The largest absolute Gasteiger partial charge is 0.352 e. The maximum atomic E-state index is 12.5. The number of aromatic nitrogens is 1. The van der Waals surface area contributed by atoms with Gasteiger partial charge in [0.05, 0.1) is 16.3 Å². The maximum absolute atomic E-state index is 12.5. The fourth-order valence-corrected chi connectivity index (χ4v) is 3.98. The molecule has 138 valence electrons. The van der Waals surface area contributed by atoms with E-state index in [4.69, 9.17) is 0 Å². The molecule has 0 radical (unpaired) electrons. The lowest BCUT2D eigenvalue weighted by molar-refractivity contribution is -0.126. The first kappa shape index (κ1) is 17.2. The number of carbonyl (C=O) groups excluding carboxylic acids is 2. The Labute approximate surface area is 156 Å². The van der Waals surface area contributed by atoms with Crippen LogP contribution in [-0.2, 0) is 4.79 Å². The SMILES string of the molecule is CC(C(=O)NC1CC1)N1CCN(C(=O)Nc2nc3ccccc3s2)CC1. The van der Waals surface area contributed by atoms with Gasteiger partial charge in [0.2, 0.25) is 5.91 Å². The van der Waals surface area contributed by atoms with Gasteiger partial charge in [0.15, 0.2) is 5.13 Å². The number of anilines is 1. The molecule has 4 rings (SSSR count). The summed E-state index contributed by atoms with van der Waals surface area (Å²) < 4.78 is 1.06. The predicted octanol–water partition coefficient (Wildman–Crippen LogP) is 2.11. The number of benzene rings is 1. The van der Waals surface area contributed by atoms with Gasteiger partial charge in [-0.05, 0) is 31.9 Å². The number of piperazine rings is 1. The fourth-order valence-electron chi connectivity index (χ4n) is 3.12. The van der Waals surface area contributed by atoms with Crippen LogP contribution in [0.5, 0.6) is 0 Å². The number of hydrogen-bond donors (Lipinski definition) is 2. The molecule has 7 nitrogen and oxygen atoms in total. The van der Waals surface area contributed by atoms with Crippen molar-refractivity contribution in [2.24, 2.45) is 0 Å². The van der Waals surface area contributed by atoms with Gasteiger partial charge in [0.1, 0.15) is 0 Å². The van der Waals surface area contributed by atoms with Crippen LogP contribution in [0.3, 0.4) is 0 Å². The van der Waals surface area contributed by atoms with Crippen molar-refractivity contribution in [2.75, 3.05) is 31.5 Å². The minimum atomic E-state index is -0.148. The normalized spacial score (nSPS) is 19.3. The number of rotatable bonds is 4. The number of hydrogen-bond acceptors (Lipinski definition) is 5. The van der Waals surface area contributed by atoms with Crippen LogP contribution in [-0.4, -0.2) is 65.0 Å². The molecule has 26 heavy (non-hydrogen) atoms. The summed E-state index contributed by atoms with van der Waals surface area (Å²) in [4.78, 5) is 33.0. The molecule has 2 N–H and O–H groups in total. The van der Waals surface area contributed by atoms with E-state index in [-0.39, 0.29) is 18.0 Å². The van der Waals surface area contributed by atoms with E-state index in [2.05, 4.69) is 20.5 Å². The highest BCUT2D eigenvalue weighted by Gasteiger charge is 2.31. The monoisotopic (exact) mass is 373 g/mol. The molecule has 2 aliphatic rings. The number of nitrogens with zero attached hydrogens (tertiary/aromatic N) is 3. The van der Waals surface area contributed by atoms with Gasteiger partial charge in [0.25, 0.3) is 0 Å². The number of para-hydroxylation sites is 1. The number of amides is 3. The van der Waals surface area contributed by atoms with Crippen LogP contribution >= 0.6 is 11.3 Å². The van der Waals surface area contributed by atoms with Crippen LogP contribution in [0.4, 0.5) is 9.93 Å². The van der Waals surface area contributed by atoms with E-state index in [1.165, 1.54) is 11.3 Å². The van der Waals surface area contributed by atoms with Gasteiger partial charge in [-0.2, -0.15) is 0 Å². The minimum absolute atomic E-state index is 0.0971. The Hall–Kier alpha value is -2.19. The van der Waals surface area contributed by atoms with Crippen LogP contribution in [0.15, 0.2) is 24.3 Å². The zero-order chi connectivity index (χ0) is 18.1. The van der Waals surface area contributed by atoms with E-state index < -0.39 is 0 Å². The van der Waals surface area contributed by atoms with Gasteiger partial charge < -0.3 is 10.2 Å². The third kappa shape index (κ3) is 3.81. The zero-order valence-electron chi connectivity index (χ0n) is 14.8. The van der Waals surface area contributed by atoms with Crippen LogP contribution in [0.2, 0.25) is 0 Å². The highest BCUT2D eigenvalue weighted by atomic mass is 32.1. The average Bonchev–Trinajstić information content (AvgIpc) is 3.37. The zero-order valence-corrected chi connectivity index (χ0v) is 15.6. The van der Waals surface area contributed by atoms with Crippen LogP contribution in [0.25, 0.3) is 10.2 Å². The Morgan fingerprint density at radius 3 is 2.62 bits per heavy atom. The second kappa shape index (κ2) is 7.20. The molecule has 0 spiro atoms. The summed E-state index contributed by atoms with van der Waals surface area (Å²) in [6, 6.07) is 7.94. The number of urea groups is 1. The van der Waals surface area contributed by atoms with Gasteiger partial charge in [-0.25, -0.2) is 9.78 Å². The number of fused-ring (bicyclic) bond motifs is 1. The molecule has 8 heteroatoms. The highest BCUT2D eigenvalue weighted by Crippen LogP contribution is 2.25. The molecular weight excluding hydrogens is 350 g/mol. The van der Waals surface area contributed by atoms with Crippen molar-refractivity contribution in [3.63, 3.8) is 0 Å². The second-order valence-electron chi connectivity index (χ2n) is 6.90. The van der Waals surface area contributed by atoms with E-state index >= 15 is 0 Å². The summed E-state index contributed by atoms with van der Waals surface area (Å²) in [6.07, 6.45) is 2.19. The van der Waals surface area contributed by atoms with Crippen molar-refractivity contribution in [3.8, 4) is 0 Å². The third-order valence-corrected chi connectivity index (χ3v) is 5.91. The molecule has 0 bridgehead atoms. The number of nitrogens with one attached hydrogen (secondary N) is 2. The molecule has 1 aliphatic heterocycles. The van der Waals surface area contributed by atoms with Crippen molar-refractivity contribution in [2.45, 2.75) is 31.8 Å². The summed E-state index contributed by atoms with van der Waals surface area (Å²) in [5.74, 6) is 0.0971. The molecule has 1 aliphatic carbocycles. The Kier molecular flexibility index (Phi) is 4.78. The Balaban J connectivity index is 1.29. The average molecular weight is 373 g/mol. The van der Waals surface area contributed by atoms with Gasteiger partial charge in [-0.15, -0.1) is 0 Å². The Morgan fingerprint density at radius 1 is 1.19 bits per heavy atom. The Morgan fingerprint density at radius 2 is 1.92 bits per heavy atom. The van der Waals surface area contributed by atoms with Crippen molar-refractivity contribution in [3.05, 3.63) is 24.3 Å². The molecule has 1 aromatic heterocycles. The lowest BCUT2D eigenvalue weighted by Gasteiger charge is -2.37. The third-order valence-electron chi connectivity index (χ3n) is 4.96. The van der Waals surface area contributed by atoms with Gasteiger partial charge in [-0.3, -0.25) is 15.0 Å². The molecular formula is C18H23N5O2S. The molecule has 2 aromatic rings. The molecule has 1 unspecified atom stereocenters.